The van der Waals surface area contributed by atoms with E-state index in [1.165, 1.54) is 0 Å². The number of aromatic nitrogens is 2. The molecular weight excluding hydrogens is 268 g/mol. The largest absolute Gasteiger partial charge is 0.294 e. The van der Waals surface area contributed by atoms with Crippen LogP contribution in [0.25, 0.3) is 0 Å². The summed E-state index contributed by atoms with van der Waals surface area (Å²) in [4.78, 5) is 11.9. The number of hydrogen-bond donors (Lipinski definition) is 0. The summed E-state index contributed by atoms with van der Waals surface area (Å²) >= 11 is 3.34. The zero-order valence-corrected chi connectivity index (χ0v) is 10.4. The van der Waals surface area contributed by atoms with Crippen molar-refractivity contribution in [2.24, 2.45) is 7.05 Å². The summed E-state index contributed by atoms with van der Waals surface area (Å²) in [6, 6.07) is 9.22. The van der Waals surface area contributed by atoms with E-state index < -0.39 is 0 Å². The smallest absolute Gasteiger partial charge is 0.168 e. The number of Topliss-reactive ketones (excluding diaryl/α,β-unsaturated/α-hetero) is 1. The Morgan fingerprint density at radius 1 is 1.31 bits per heavy atom. The zero-order valence-electron chi connectivity index (χ0n) is 8.85. The maximum absolute atomic E-state index is 11.9. The standard InChI is InChI=1S/C12H11BrN2O/c1-15-7-6-11(14-15)8-12(16)9-2-4-10(13)5-3-9/h2-7H,8H2,1H3. The van der Waals surface area contributed by atoms with E-state index in [9.17, 15) is 4.79 Å². The van der Waals surface area contributed by atoms with Crippen molar-refractivity contribution in [2.75, 3.05) is 0 Å². The minimum atomic E-state index is 0.0891. The highest BCUT2D eigenvalue weighted by Crippen LogP contribution is 2.12. The van der Waals surface area contributed by atoms with Crippen LogP contribution in [0.3, 0.4) is 0 Å². The number of nitrogens with zero attached hydrogens (tertiary/aromatic N) is 2. The first-order valence-corrected chi connectivity index (χ1v) is 5.72. The van der Waals surface area contributed by atoms with Crippen LogP contribution in [0.1, 0.15) is 16.1 Å². The molecule has 0 bridgehead atoms. The van der Waals surface area contributed by atoms with Crippen molar-refractivity contribution in [3.63, 3.8) is 0 Å². The molecule has 0 amide bonds. The lowest BCUT2D eigenvalue weighted by Crippen LogP contribution is -2.04. The van der Waals surface area contributed by atoms with Crippen LogP contribution in [-0.2, 0) is 13.5 Å². The quantitative estimate of drug-likeness (QED) is 0.809. The van der Waals surface area contributed by atoms with Gasteiger partial charge < -0.3 is 0 Å². The summed E-state index contributed by atoms with van der Waals surface area (Å²) in [6.07, 6.45) is 2.19. The van der Waals surface area contributed by atoms with Gasteiger partial charge >= 0.3 is 0 Å². The normalized spacial score (nSPS) is 10.4. The Morgan fingerprint density at radius 2 is 2.00 bits per heavy atom. The van der Waals surface area contributed by atoms with E-state index >= 15 is 0 Å². The van der Waals surface area contributed by atoms with E-state index in [0.717, 1.165) is 10.2 Å². The topological polar surface area (TPSA) is 34.9 Å². The van der Waals surface area contributed by atoms with Crippen molar-refractivity contribution >= 4 is 21.7 Å². The van der Waals surface area contributed by atoms with Crippen molar-refractivity contribution < 1.29 is 4.79 Å². The molecule has 1 heterocycles. The lowest BCUT2D eigenvalue weighted by Gasteiger charge is -1.98. The highest BCUT2D eigenvalue weighted by Gasteiger charge is 2.08. The highest BCUT2D eigenvalue weighted by atomic mass is 79.9. The minimum absolute atomic E-state index is 0.0891. The number of carbonyl (C=O) groups is 1. The summed E-state index contributed by atoms with van der Waals surface area (Å²) < 4.78 is 2.67. The van der Waals surface area contributed by atoms with Crippen LogP contribution in [-0.4, -0.2) is 15.6 Å². The molecule has 0 unspecified atom stereocenters. The van der Waals surface area contributed by atoms with Gasteiger partial charge in [-0.05, 0) is 18.2 Å². The minimum Gasteiger partial charge on any atom is -0.294 e. The van der Waals surface area contributed by atoms with E-state index in [1.807, 2.05) is 43.6 Å². The Bertz CT molecular complexity index is 502. The summed E-state index contributed by atoms with van der Waals surface area (Å²) in [5.74, 6) is 0.0891. The van der Waals surface area contributed by atoms with Gasteiger partial charge in [0.2, 0.25) is 0 Å². The molecule has 82 valence electrons. The molecule has 0 aliphatic rings. The van der Waals surface area contributed by atoms with Gasteiger partial charge in [-0.3, -0.25) is 9.48 Å². The third kappa shape index (κ3) is 2.58. The molecule has 0 saturated carbocycles. The first kappa shape index (κ1) is 11.1. The zero-order chi connectivity index (χ0) is 11.5. The monoisotopic (exact) mass is 278 g/mol. The molecule has 0 radical (unpaired) electrons. The van der Waals surface area contributed by atoms with Crippen molar-refractivity contribution in [1.29, 1.82) is 0 Å². The molecule has 0 N–H and O–H groups in total. The fraction of sp³-hybridized carbons (Fsp3) is 0.167. The number of benzene rings is 1. The van der Waals surface area contributed by atoms with Crippen LogP contribution < -0.4 is 0 Å². The molecule has 0 aliphatic carbocycles. The van der Waals surface area contributed by atoms with E-state index in [2.05, 4.69) is 21.0 Å². The van der Waals surface area contributed by atoms with Crippen LogP contribution in [0.15, 0.2) is 41.0 Å². The molecule has 4 heteroatoms. The summed E-state index contributed by atoms with van der Waals surface area (Å²) in [5.41, 5.74) is 1.52. The van der Waals surface area contributed by atoms with Gasteiger partial charge in [0.15, 0.2) is 5.78 Å². The predicted molar refractivity (Wildman–Crippen MR) is 65.4 cm³/mol. The fourth-order valence-electron chi connectivity index (χ4n) is 1.46. The molecule has 0 aliphatic heterocycles. The van der Waals surface area contributed by atoms with Gasteiger partial charge in [0.1, 0.15) is 0 Å². The molecular formula is C12H11BrN2O. The predicted octanol–water partition coefficient (Wildman–Crippen LogP) is 2.61. The van der Waals surface area contributed by atoms with E-state index in [1.54, 1.807) is 4.68 Å². The molecule has 0 saturated heterocycles. The molecule has 0 atom stereocenters. The second-order valence-corrected chi connectivity index (χ2v) is 4.50. The summed E-state index contributed by atoms with van der Waals surface area (Å²) in [5, 5.41) is 4.18. The van der Waals surface area contributed by atoms with Gasteiger partial charge in [0, 0.05) is 23.3 Å². The maximum Gasteiger partial charge on any atom is 0.168 e. The van der Waals surface area contributed by atoms with E-state index in [0.29, 0.717) is 12.0 Å². The Balaban J connectivity index is 2.11. The third-order valence-electron chi connectivity index (χ3n) is 2.28. The number of ketones is 1. The number of rotatable bonds is 3. The van der Waals surface area contributed by atoms with Gasteiger partial charge in [0.25, 0.3) is 0 Å². The van der Waals surface area contributed by atoms with Gasteiger partial charge in [-0.25, -0.2) is 0 Å². The first-order valence-electron chi connectivity index (χ1n) is 4.92. The maximum atomic E-state index is 11.9. The van der Waals surface area contributed by atoms with Crippen molar-refractivity contribution in [3.05, 3.63) is 52.3 Å². The van der Waals surface area contributed by atoms with E-state index in [4.69, 9.17) is 0 Å². The lowest BCUT2D eigenvalue weighted by atomic mass is 10.1. The molecule has 0 fully saturated rings. The van der Waals surface area contributed by atoms with Crippen LogP contribution in [0.4, 0.5) is 0 Å². The molecule has 3 nitrogen and oxygen atoms in total. The Morgan fingerprint density at radius 3 is 2.56 bits per heavy atom. The number of aryl methyl sites for hydroxylation is 1. The summed E-state index contributed by atoms with van der Waals surface area (Å²) in [7, 11) is 1.84. The van der Waals surface area contributed by atoms with Crippen molar-refractivity contribution in [2.45, 2.75) is 6.42 Å². The fourth-order valence-corrected chi connectivity index (χ4v) is 1.72. The number of carbonyl (C=O) groups excluding carboxylic acids is 1. The van der Waals surface area contributed by atoms with Gasteiger partial charge in [-0.2, -0.15) is 5.10 Å². The number of halogens is 1. The van der Waals surface area contributed by atoms with Gasteiger partial charge in [-0.15, -0.1) is 0 Å². The first-order chi connectivity index (χ1) is 7.65. The van der Waals surface area contributed by atoms with Gasteiger partial charge in [0.05, 0.1) is 12.1 Å². The van der Waals surface area contributed by atoms with Gasteiger partial charge in [-0.1, -0.05) is 28.1 Å². The van der Waals surface area contributed by atoms with Crippen molar-refractivity contribution in [3.8, 4) is 0 Å². The average Bonchev–Trinajstić information content (AvgIpc) is 2.65. The Hall–Kier alpha value is -1.42. The Labute approximate surface area is 102 Å². The second-order valence-electron chi connectivity index (χ2n) is 3.59. The molecule has 16 heavy (non-hydrogen) atoms. The van der Waals surface area contributed by atoms with Crippen molar-refractivity contribution in [1.82, 2.24) is 9.78 Å². The second kappa shape index (κ2) is 4.61. The molecule has 2 rings (SSSR count). The Kier molecular flexibility index (Phi) is 3.19. The van der Waals surface area contributed by atoms with Crippen LogP contribution in [0, 0.1) is 0 Å². The molecule has 1 aromatic carbocycles. The van der Waals surface area contributed by atoms with Crippen LogP contribution >= 0.6 is 15.9 Å². The highest BCUT2D eigenvalue weighted by molar-refractivity contribution is 9.10. The van der Waals surface area contributed by atoms with Crippen LogP contribution in [0.5, 0.6) is 0 Å². The van der Waals surface area contributed by atoms with E-state index in [-0.39, 0.29) is 5.78 Å². The number of hydrogen-bond acceptors (Lipinski definition) is 2. The average molecular weight is 279 g/mol. The molecule has 0 spiro atoms. The van der Waals surface area contributed by atoms with Crippen LogP contribution in [0.2, 0.25) is 0 Å². The lowest BCUT2D eigenvalue weighted by molar-refractivity contribution is 0.0992. The SMILES string of the molecule is Cn1ccc(CC(=O)c2ccc(Br)cc2)n1. The molecule has 2 aromatic rings. The summed E-state index contributed by atoms with van der Waals surface area (Å²) in [6.45, 7) is 0. The third-order valence-corrected chi connectivity index (χ3v) is 2.81. The molecule has 1 aromatic heterocycles.